The Morgan fingerprint density at radius 2 is 1.90 bits per heavy atom. The van der Waals surface area contributed by atoms with Crippen molar-refractivity contribution in [3.63, 3.8) is 0 Å². The summed E-state index contributed by atoms with van der Waals surface area (Å²) >= 11 is 1.51. The second-order valence-corrected chi connectivity index (χ2v) is 8.62. The summed E-state index contributed by atoms with van der Waals surface area (Å²) < 4.78 is 31.4. The Hall–Kier alpha value is -2.47. The highest BCUT2D eigenvalue weighted by Crippen LogP contribution is 2.39. The smallest absolute Gasteiger partial charge is 0.196 e. The first-order valence-corrected chi connectivity index (χ1v) is 11.2. The summed E-state index contributed by atoms with van der Waals surface area (Å²) in [5.41, 5.74) is 2.60. The minimum Gasteiger partial charge on any atom is -0.367 e. The number of halogens is 2. The quantitative estimate of drug-likeness (QED) is 0.510. The molecule has 2 heterocycles. The molecule has 0 unspecified atom stereocenters. The van der Waals surface area contributed by atoms with E-state index in [2.05, 4.69) is 38.3 Å². The zero-order valence-electron chi connectivity index (χ0n) is 16.1. The van der Waals surface area contributed by atoms with Crippen molar-refractivity contribution in [2.45, 2.75) is 51.0 Å². The van der Waals surface area contributed by atoms with E-state index in [9.17, 15) is 8.78 Å². The molecule has 0 bridgehead atoms. The van der Waals surface area contributed by atoms with Crippen molar-refractivity contribution in [1.29, 1.82) is 0 Å². The lowest BCUT2D eigenvalue weighted by Crippen LogP contribution is -2.23. The zero-order chi connectivity index (χ0) is 19.8. The molecule has 1 fully saturated rings. The maximum Gasteiger partial charge on any atom is 0.196 e. The first kappa shape index (κ1) is 18.6. The predicted octanol–water partition coefficient (Wildman–Crippen LogP) is 6.82. The van der Waals surface area contributed by atoms with Crippen LogP contribution in [0.2, 0.25) is 0 Å². The molecule has 6 heteroatoms. The molecule has 150 valence electrons. The molecule has 5 rings (SSSR count). The molecule has 0 saturated heterocycles. The van der Waals surface area contributed by atoms with Gasteiger partial charge in [-0.1, -0.05) is 43.6 Å². The highest BCUT2D eigenvalue weighted by Gasteiger charge is 2.26. The SMILES string of the molecule is Fc1cccc(F)c1-c1nc2scc(C3=CC=CCC3)n2c1NC1CCCCC1. The van der Waals surface area contributed by atoms with E-state index >= 15 is 0 Å². The van der Waals surface area contributed by atoms with Crippen LogP contribution in [0.25, 0.3) is 21.8 Å². The van der Waals surface area contributed by atoms with Crippen molar-refractivity contribution < 1.29 is 8.78 Å². The van der Waals surface area contributed by atoms with Gasteiger partial charge in [0.25, 0.3) is 0 Å². The maximum absolute atomic E-state index is 14.7. The van der Waals surface area contributed by atoms with Gasteiger partial charge in [-0.2, -0.15) is 0 Å². The van der Waals surface area contributed by atoms with Crippen LogP contribution in [0, 0.1) is 11.6 Å². The standard InChI is InChI=1S/C23H23F2N3S/c24-17-12-7-13-18(25)20(17)21-22(26-16-10-5-2-6-11-16)28-19(14-29-23(28)27-21)15-8-3-1-4-9-15/h1,3,7-8,12-14,16,26H,2,4-6,9-11H2. The molecule has 1 aromatic carbocycles. The van der Waals surface area contributed by atoms with Gasteiger partial charge in [0.15, 0.2) is 4.96 Å². The van der Waals surface area contributed by atoms with Crippen LogP contribution in [0.5, 0.6) is 0 Å². The van der Waals surface area contributed by atoms with Crippen molar-refractivity contribution >= 4 is 27.7 Å². The number of hydrogen-bond acceptors (Lipinski definition) is 3. The normalized spacial score (nSPS) is 17.7. The number of aromatic nitrogens is 2. The Morgan fingerprint density at radius 3 is 2.62 bits per heavy atom. The van der Waals surface area contributed by atoms with E-state index in [4.69, 9.17) is 0 Å². The van der Waals surface area contributed by atoms with Gasteiger partial charge < -0.3 is 5.32 Å². The molecule has 0 aliphatic heterocycles. The van der Waals surface area contributed by atoms with Crippen LogP contribution in [0.3, 0.4) is 0 Å². The van der Waals surface area contributed by atoms with Crippen LogP contribution in [0.15, 0.2) is 41.8 Å². The third-order valence-electron chi connectivity index (χ3n) is 5.85. The van der Waals surface area contributed by atoms with Gasteiger partial charge in [0, 0.05) is 11.4 Å². The number of thiazole rings is 1. The summed E-state index contributed by atoms with van der Waals surface area (Å²) in [6.45, 7) is 0. The number of rotatable bonds is 4. The van der Waals surface area contributed by atoms with Gasteiger partial charge in [0.05, 0.1) is 11.3 Å². The van der Waals surface area contributed by atoms with Crippen LogP contribution in [-0.2, 0) is 0 Å². The molecule has 2 aliphatic rings. The summed E-state index contributed by atoms with van der Waals surface area (Å²) in [6.07, 6.45) is 14.0. The number of benzene rings is 1. The Morgan fingerprint density at radius 1 is 1.10 bits per heavy atom. The van der Waals surface area contributed by atoms with Crippen LogP contribution < -0.4 is 5.32 Å². The molecule has 0 amide bonds. The largest absolute Gasteiger partial charge is 0.367 e. The van der Waals surface area contributed by atoms with Crippen LogP contribution in [0.1, 0.15) is 50.6 Å². The van der Waals surface area contributed by atoms with Gasteiger partial charge in [-0.25, -0.2) is 13.8 Å². The minimum atomic E-state index is -0.580. The van der Waals surface area contributed by atoms with Gasteiger partial charge in [-0.15, -0.1) is 11.3 Å². The number of hydrogen-bond donors (Lipinski definition) is 1. The van der Waals surface area contributed by atoms with Gasteiger partial charge in [0.2, 0.25) is 0 Å². The average molecular weight is 412 g/mol. The predicted molar refractivity (Wildman–Crippen MR) is 115 cm³/mol. The van der Waals surface area contributed by atoms with Gasteiger partial charge in [-0.3, -0.25) is 4.40 Å². The molecule has 3 aromatic rings. The number of nitrogens with zero attached hydrogens (tertiary/aromatic N) is 2. The molecular formula is C23H23F2N3S. The number of nitrogens with one attached hydrogen (secondary N) is 1. The summed E-state index contributed by atoms with van der Waals surface area (Å²) in [7, 11) is 0. The number of fused-ring (bicyclic) bond motifs is 1. The third kappa shape index (κ3) is 3.39. The second kappa shape index (κ2) is 7.75. The summed E-state index contributed by atoms with van der Waals surface area (Å²) in [4.78, 5) is 5.44. The molecule has 0 spiro atoms. The van der Waals surface area contributed by atoms with E-state index in [1.807, 2.05) is 0 Å². The van der Waals surface area contributed by atoms with Crippen LogP contribution >= 0.6 is 11.3 Å². The third-order valence-corrected chi connectivity index (χ3v) is 6.68. The first-order chi connectivity index (χ1) is 14.2. The molecular weight excluding hydrogens is 388 g/mol. The van der Waals surface area contributed by atoms with Crippen molar-refractivity contribution in [1.82, 2.24) is 9.38 Å². The fourth-order valence-electron chi connectivity index (χ4n) is 4.37. The lowest BCUT2D eigenvalue weighted by Gasteiger charge is -2.24. The zero-order valence-corrected chi connectivity index (χ0v) is 16.9. The Labute approximate surface area is 172 Å². The van der Waals surface area contributed by atoms with Gasteiger partial charge >= 0.3 is 0 Å². The Kier molecular flexibility index (Phi) is 4.96. The van der Waals surface area contributed by atoms with Crippen LogP contribution in [0.4, 0.5) is 14.6 Å². The van der Waals surface area contributed by atoms with E-state index in [0.29, 0.717) is 17.6 Å². The van der Waals surface area contributed by atoms with Crippen LogP contribution in [-0.4, -0.2) is 15.4 Å². The summed E-state index contributed by atoms with van der Waals surface area (Å²) in [5, 5.41) is 5.72. The molecule has 0 radical (unpaired) electrons. The molecule has 1 saturated carbocycles. The summed E-state index contributed by atoms with van der Waals surface area (Å²) in [6, 6.07) is 4.29. The highest BCUT2D eigenvalue weighted by atomic mass is 32.1. The minimum absolute atomic E-state index is 0.0508. The van der Waals surface area contributed by atoms with Gasteiger partial charge in [-0.05, 0) is 43.4 Å². The Balaban J connectivity index is 1.70. The second-order valence-electron chi connectivity index (χ2n) is 7.78. The fraction of sp³-hybridized carbons (Fsp3) is 0.348. The van der Waals surface area contributed by atoms with E-state index in [1.54, 1.807) is 0 Å². The average Bonchev–Trinajstić information content (AvgIpc) is 3.30. The highest BCUT2D eigenvalue weighted by molar-refractivity contribution is 7.15. The summed E-state index contributed by atoms with van der Waals surface area (Å²) in [5.74, 6) is -0.449. The van der Waals surface area contributed by atoms with E-state index in [0.717, 1.165) is 36.3 Å². The lowest BCUT2D eigenvalue weighted by molar-refractivity contribution is 0.461. The fourth-order valence-corrected chi connectivity index (χ4v) is 5.28. The Bertz CT molecular complexity index is 1080. The van der Waals surface area contributed by atoms with Gasteiger partial charge in [0.1, 0.15) is 23.1 Å². The molecule has 1 N–H and O–H groups in total. The van der Waals surface area contributed by atoms with E-state index in [1.165, 1.54) is 54.4 Å². The molecule has 29 heavy (non-hydrogen) atoms. The first-order valence-electron chi connectivity index (χ1n) is 10.3. The number of anilines is 1. The number of allylic oxidation sites excluding steroid dienone is 4. The lowest BCUT2D eigenvalue weighted by atomic mass is 9.95. The maximum atomic E-state index is 14.7. The topological polar surface area (TPSA) is 29.3 Å². The van der Waals surface area contributed by atoms with E-state index < -0.39 is 11.6 Å². The molecule has 2 aromatic heterocycles. The molecule has 2 aliphatic carbocycles. The van der Waals surface area contributed by atoms with E-state index in [-0.39, 0.29) is 5.56 Å². The molecule has 0 atom stereocenters. The van der Waals surface area contributed by atoms with Crippen molar-refractivity contribution in [2.75, 3.05) is 5.32 Å². The van der Waals surface area contributed by atoms with Crippen molar-refractivity contribution in [3.8, 4) is 11.3 Å². The van der Waals surface area contributed by atoms with Crippen molar-refractivity contribution in [3.05, 3.63) is 59.1 Å². The molecule has 3 nitrogen and oxygen atoms in total. The number of imidazole rings is 1. The van der Waals surface area contributed by atoms with Crippen molar-refractivity contribution in [2.24, 2.45) is 0 Å². The monoisotopic (exact) mass is 411 g/mol.